The van der Waals surface area contributed by atoms with Crippen molar-refractivity contribution in [1.29, 1.82) is 0 Å². The van der Waals surface area contributed by atoms with Gasteiger partial charge in [0.05, 0.1) is 17.6 Å². The summed E-state index contributed by atoms with van der Waals surface area (Å²) in [4.78, 5) is 27.1. The van der Waals surface area contributed by atoms with Crippen LogP contribution in [0, 0.1) is 5.41 Å². The third-order valence-electron chi connectivity index (χ3n) is 4.04. The lowest BCUT2D eigenvalue weighted by atomic mass is 9.85. The average molecular weight is 292 g/mol. The van der Waals surface area contributed by atoms with Gasteiger partial charge >= 0.3 is 11.9 Å². The summed E-state index contributed by atoms with van der Waals surface area (Å²) in [6, 6.07) is 3.14. The van der Waals surface area contributed by atoms with E-state index < -0.39 is 17.4 Å². The molecule has 1 saturated carbocycles. The predicted molar refractivity (Wildman–Crippen MR) is 77.2 cm³/mol. The SMILES string of the molecule is CCOC(=O)c1ccc(NC2CCCC2(C)C(=O)O)nc1. The molecule has 2 rings (SSSR count). The van der Waals surface area contributed by atoms with Gasteiger partial charge in [-0.25, -0.2) is 9.78 Å². The van der Waals surface area contributed by atoms with Gasteiger partial charge in [-0.05, 0) is 38.8 Å². The normalized spacial score (nSPS) is 24.6. The molecule has 2 atom stereocenters. The number of carbonyl (C=O) groups excluding carboxylic acids is 1. The molecule has 0 saturated heterocycles. The fraction of sp³-hybridized carbons (Fsp3) is 0.533. The van der Waals surface area contributed by atoms with Crippen LogP contribution in [0.15, 0.2) is 18.3 Å². The van der Waals surface area contributed by atoms with Crippen LogP contribution in [0.25, 0.3) is 0 Å². The molecule has 1 fully saturated rings. The molecule has 2 N–H and O–H groups in total. The monoisotopic (exact) mass is 292 g/mol. The van der Waals surface area contributed by atoms with E-state index in [9.17, 15) is 14.7 Å². The first-order valence-corrected chi connectivity index (χ1v) is 7.10. The highest BCUT2D eigenvalue weighted by Crippen LogP contribution is 2.39. The van der Waals surface area contributed by atoms with E-state index in [4.69, 9.17) is 4.74 Å². The van der Waals surface area contributed by atoms with Crippen molar-refractivity contribution in [3.05, 3.63) is 23.9 Å². The zero-order chi connectivity index (χ0) is 15.5. The Morgan fingerprint density at radius 2 is 2.29 bits per heavy atom. The minimum Gasteiger partial charge on any atom is -0.481 e. The van der Waals surface area contributed by atoms with Gasteiger partial charge in [0.25, 0.3) is 0 Å². The lowest BCUT2D eigenvalue weighted by Crippen LogP contribution is -2.40. The Labute approximate surface area is 123 Å². The molecule has 0 spiro atoms. The average Bonchev–Trinajstić information content (AvgIpc) is 2.83. The number of aliphatic carboxylic acids is 1. The van der Waals surface area contributed by atoms with Crippen molar-refractivity contribution in [1.82, 2.24) is 4.98 Å². The molecule has 1 aromatic rings. The second kappa shape index (κ2) is 6.11. The van der Waals surface area contributed by atoms with Crippen LogP contribution < -0.4 is 5.32 Å². The van der Waals surface area contributed by atoms with E-state index in [1.165, 1.54) is 6.20 Å². The van der Waals surface area contributed by atoms with Gasteiger partial charge in [0.2, 0.25) is 0 Å². The van der Waals surface area contributed by atoms with Crippen molar-refractivity contribution in [2.75, 3.05) is 11.9 Å². The third-order valence-corrected chi connectivity index (χ3v) is 4.04. The summed E-state index contributed by atoms with van der Waals surface area (Å²) in [5.74, 6) is -0.629. The van der Waals surface area contributed by atoms with Crippen LogP contribution in [-0.4, -0.2) is 34.7 Å². The van der Waals surface area contributed by atoms with Crippen molar-refractivity contribution in [2.45, 2.75) is 39.2 Å². The second-order valence-electron chi connectivity index (χ2n) is 5.46. The highest BCUT2D eigenvalue weighted by Gasteiger charge is 2.45. The number of carbonyl (C=O) groups is 2. The Kier molecular flexibility index (Phi) is 4.45. The number of hydrogen-bond donors (Lipinski definition) is 2. The number of pyridine rings is 1. The molecule has 1 heterocycles. The number of hydrogen-bond acceptors (Lipinski definition) is 5. The molecule has 0 radical (unpaired) electrons. The fourth-order valence-corrected chi connectivity index (χ4v) is 2.65. The third kappa shape index (κ3) is 3.15. The van der Waals surface area contributed by atoms with Gasteiger partial charge in [-0.2, -0.15) is 0 Å². The summed E-state index contributed by atoms with van der Waals surface area (Å²) in [5.41, 5.74) is -0.392. The number of anilines is 1. The molecule has 0 aromatic carbocycles. The van der Waals surface area contributed by atoms with Gasteiger partial charge in [0.1, 0.15) is 5.82 Å². The van der Waals surface area contributed by atoms with Crippen molar-refractivity contribution < 1.29 is 19.4 Å². The summed E-state index contributed by atoms with van der Waals surface area (Å²) < 4.78 is 4.89. The van der Waals surface area contributed by atoms with E-state index in [1.807, 2.05) is 0 Å². The summed E-state index contributed by atoms with van der Waals surface area (Å²) in [7, 11) is 0. The molecular weight excluding hydrogens is 272 g/mol. The molecule has 1 aliphatic carbocycles. The maximum absolute atomic E-state index is 11.5. The number of carboxylic acid groups (broad SMARTS) is 1. The number of aromatic nitrogens is 1. The number of carboxylic acids is 1. The largest absolute Gasteiger partial charge is 0.481 e. The molecule has 114 valence electrons. The zero-order valence-electron chi connectivity index (χ0n) is 12.3. The van der Waals surface area contributed by atoms with E-state index >= 15 is 0 Å². The standard InChI is InChI=1S/C15H20N2O4/c1-3-21-13(18)10-6-7-12(16-9-10)17-11-5-4-8-15(11,2)14(19)20/h6-7,9,11H,3-5,8H2,1-2H3,(H,16,17)(H,19,20). The molecule has 1 aromatic heterocycles. The summed E-state index contributed by atoms with van der Waals surface area (Å²) >= 11 is 0. The molecule has 1 aliphatic rings. The Morgan fingerprint density at radius 1 is 1.52 bits per heavy atom. The minimum atomic E-state index is -0.791. The van der Waals surface area contributed by atoms with Crippen LogP contribution in [-0.2, 0) is 9.53 Å². The maximum atomic E-state index is 11.5. The van der Waals surface area contributed by atoms with Crippen LogP contribution in [0.1, 0.15) is 43.5 Å². The van der Waals surface area contributed by atoms with E-state index in [1.54, 1.807) is 26.0 Å². The van der Waals surface area contributed by atoms with Crippen LogP contribution in [0.2, 0.25) is 0 Å². The van der Waals surface area contributed by atoms with Crippen molar-refractivity contribution >= 4 is 17.8 Å². The molecule has 0 bridgehead atoms. The van der Waals surface area contributed by atoms with E-state index in [-0.39, 0.29) is 6.04 Å². The lowest BCUT2D eigenvalue weighted by molar-refractivity contribution is -0.147. The molecular formula is C15H20N2O4. The van der Waals surface area contributed by atoms with Crippen molar-refractivity contribution in [3.8, 4) is 0 Å². The summed E-state index contributed by atoms with van der Waals surface area (Å²) in [5, 5.41) is 12.5. The highest BCUT2D eigenvalue weighted by molar-refractivity contribution is 5.89. The number of nitrogens with zero attached hydrogens (tertiary/aromatic N) is 1. The van der Waals surface area contributed by atoms with E-state index in [2.05, 4.69) is 10.3 Å². The maximum Gasteiger partial charge on any atom is 0.339 e. The van der Waals surface area contributed by atoms with Crippen LogP contribution >= 0.6 is 0 Å². The van der Waals surface area contributed by atoms with Crippen LogP contribution in [0.4, 0.5) is 5.82 Å². The topological polar surface area (TPSA) is 88.5 Å². The van der Waals surface area contributed by atoms with E-state index in [0.717, 1.165) is 12.8 Å². The first-order valence-electron chi connectivity index (χ1n) is 7.10. The van der Waals surface area contributed by atoms with Gasteiger partial charge in [-0.15, -0.1) is 0 Å². The quantitative estimate of drug-likeness (QED) is 0.810. The van der Waals surface area contributed by atoms with Crippen LogP contribution in [0.3, 0.4) is 0 Å². The molecule has 6 heteroatoms. The number of nitrogens with one attached hydrogen (secondary N) is 1. The molecule has 6 nitrogen and oxygen atoms in total. The first kappa shape index (κ1) is 15.3. The minimum absolute atomic E-state index is 0.157. The van der Waals surface area contributed by atoms with Gasteiger partial charge in [-0.1, -0.05) is 6.42 Å². The Morgan fingerprint density at radius 3 is 2.86 bits per heavy atom. The second-order valence-corrected chi connectivity index (χ2v) is 5.46. The first-order chi connectivity index (χ1) is 9.97. The lowest BCUT2D eigenvalue weighted by Gasteiger charge is -2.28. The molecule has 21 heavy (non-hydrogen) atoms. The molecule has 0 amide bonds. The molecule has 2 unspecified atom stereocenters. The number of esters is 1. The highest BCUT2D eigenvalue weighted by atomic mass is 16.5. The zero-order valence-corrected chi connectivity index (χ0v) is 12.3. The smallest absolute Gasteiger partial charge is 0.339 e. The number of ether oxygens (including phenoxy) is 1. The van der Waals surface area contributed by atoms with Crippen molar-refractivity contribution in [2.24, 2.45) is 5.41 Å². The van der Waals surface area contributed by atoms with Gasteiger partial charge < -0.3 is 15.2 Å². The summed E-state index contributed by atoms with van der Waals surface area (Å²) in [6.45, 7) is 3.82. The fourth-order valence-electron chi connectivity index (χ4n) is 2.65. The van der Waals surface area contributed by atoms with Crippen LogP contribution in [0.5, 0.6) is 0 Å². The molecule has 0 aliphatic heterocycles. The van der Waals surface area contributed by atoms with Gasteiger partial charge in [0.15, 0.2) is 0 Å². The van der Waals surface area contributed by atoms with Gasteiger partial charge in [0, 0.05) is 12.2 Å². The predicted octanol–water partition coefficient (Wildman–Crippen LogP) is 2.31. The Bertz CT molecular complexity index is 529. The van der Waals surface area contributed by atoms with Crippen molar-refractivity contribution in [3.63, 3.8) is 0 Å². The van der Waals surface area contributed by atoms with Gasteiger partial charge in [-0.3, -0.25) is 4.79 Å². The Hall–Kier alpha value is -2.11. The number of rotatable bonds is 5. The van der Waals surface area contributed by atoms with E-state index in [0.29, 0.717) is 24.4 Å². The summed E-state index contributed by atoms with van der Waals surface area (Å²) in [6.07, 6.45) is 3.76. The Balaban J connectivity index is 2.07.